The molecule has 2 aliphatic heterocycles. The van der Waals surface area contributed by atoms with Crippen molar-refractivity contribution < 1.29 is 56.7 Å². The molecular weight excluding hydrogens is 1020 g/mol. The summed E-state index contributed by atoms with van der Waals surface area (Å²) < 4.78 is 0. The molecule has 371 valence electrons. The normalized spacial score (nSPS) is 11.4. The molecule has 0 amide bonds. The minimum Gasteiger partial charge on any atom is -0.478 e. The number of H-pyrrole nitrogens is 2. The molecule has 0 fully saturated rings. The Kier molecular flexibility index (Phi) is 11.4. The van der Waals surface area contributed by atoms with Gasteiger partial charge in [0.05, 0.1) is 22.3 Å². The SMILES string of the molecule is O=C(O)c1cc2c(cc1-c1ccccc1)-c1nc-2nc2[nH]c(nc3nc(nc4[nH]c(n1)c1cc(-c5ccccc5)c(C(=O)O)cc41)-c1cc(C(=O)O)c(-c4ccccc4)cc1-3)c1cc(-c3ccccc3)c(C(=O)O)cc21.[Cu+2]. The first-order chi connectivity index (χ1) is 36.9. The fourth-order valence-electron chi connectivity index (χ4n) is 10.1. The van der Waals surface area contributed by atoms with Gasteiger partial charge < -0.3 is 30.4 Å². The molecule has 1 radical (unpaired) electrons. The van der Waals surface area contributed by atoms with E-state index >= 15 is 0 Å². The van der Waals surface area contributed by atoms with Crippen LogP contribution < -0.4 is 0 Å². The van der Waals surface area contributed by atoms with E-state index in [0.29, 0.717) is 88.3 Å². The van der Waals surface area contributed by atoms with Crippen molar-refractivity contribution in [2.75, 3.05) is 0 Å². The van der Waals surface area contributed by atoms with E-state index in [1.807, 2.05) is 24.3 Å². The van der Waals surface area contributed by atoms with E-state index in [4.69, 9.17) is 29.9 Å². The Labute approximate surface area is 444 Å². The van der Waals surface area contributed by atoms with E-state index in [0.717, 1.165) is 0 Å². The molecule has 0 saturated heterocycles. The van der Waals surface area contributed by atoms with Gasteiger partial charge in [-0.1, -0.05) is 121 Å². The molecule has 11 aromatic rings. The zero-order valence-corrected chi connectivity index (χ0v) is 40.5. The molecule has 13 rings (SSSR count). The number of aromatic amines is 2. The molecule has 3 aromatic heterocycles. The van der Waals surface area contributed by atoms with E-state index < -0.39 is 23.9 Å². The molecule has 0 saturated carbocycles. The van der Waals surface area contributed by atoms with Crippen LogP contribution >= 0.6 is 0 Å². The van der Waals surface area contributed by atoms with E-state index in [1.54, 1.807) is 121 Å². The van der Waals surface area contributed by atoms with Crippen LogP contribution in [0.5, 0.6) is 0 Å². The van der Waals surface area contributed by atoms with Crippen LogP contribution in [-0.2, 0) is 17.1 Å². The Hall–Kier alpha value is -10.5. The predicted molar refractivity (Wildman–Crippen MR) is 286 cm³/mol. The summed E-state index contributed by atoms with van der Waals surface area (Å²) in [5.74, 6) is -4.55. The monoisotopic (exact) mass is 1060 g/mol. The summed E-state index contributed by atoms with van der Waals surface area (Å²) >= 11 is 0. The average molecular weight is 1060 g/mol. The van der Waals surface area contributed by atoms with Crippen molar-refractivity contribution in [3.8, 4) is 90.1 Å². The molecule has 2 aliphatic rings. The van der Waals surface area contributed by atoms with Gasteiger partial charge in [-0.05, 0) is 93.0 Å². The van der Waals surface area contributed by atoms with E-state index in [2.05, 4.69) is 9.97 Å². The van der Waals surface area contributed by atoms with Crippen molar-refractivity contribution in [1.82, 2.24) is 39.9 Å². The number of nitrogens with one attached hydrogen (secondary N) is 2. The second kappa shape index (κ2) is 18.5. The van der Waals surface area contributed by atoms with Gasteiger partial charge in [0.1, 0.15) is 22.6 Å². The Bertz CT molecular complexity index is 4240. The van der Waals surface area contributed by atoms with Gasteiger partial charge in [-0.25, -0.2) is 49.1 Å². The second-order valence-electron chi connectivity index (χ2n) is 18.1. The number of aromatic carboxylic acids is 4. The van der Waals surface area contributed by atoms with Gasteiger partial charge in [0.15, 0.2) is 23.3 Å². The van der Waals surface area contributed by atoms with Crippen LogP contribution in [0.1, 0.15) is 41.4 Å². The van der Waals surface area contributed by atoms with E-state index in [1.165, 1.54) is 24.3 Å². The van der Waals surface area contributed by atoms with Crippen LogP contribution in [-0.4, -0.2) is 84.2 Å². The zero-order chi connectivity index (χ0) is 51.9. The number of carboxylic acids is 4. The molecule has 0 unspecified atom stereocenters. The largest absolute Gasteiger partial charge is 2.00 e. The molecule has 16 nitrogen and oxygen atoms in total. The minimum absolute atomic E-state index is 0. The summed E-state index contributed by atoms with van der Waals surface area (Å²) in [6.45, 7) is 0. The van der Waals surface area contributed by atoms with Gasteiger partial charge in [-0.15, -0.1) is 0 Å². The van der Waals surface area contributed by atoms with Crippen molar-refractivity contribution in [2.24, 2.45) is 0 Å². The van der Waals surface area contributed by atoms with Crippen molar-refractivity contribution in [3.63, 3.8) is 0 Å². The number of nitrogens with zero attached hydrogens (tertiary/aromatic N) is 6. The molecule has 5 heterocycles. The fourth-order valence-corrected chi connectivity index (χ4v) is 10.1. The third kappa shape index (κ3) is 8.02. The molecule has 0 spiro atoms. The van der Waals surface area contributed by atoms with E-state index in [-0.39, 0.29) is 85.2 Å². The summed E-state index contributed by atoms with van der Waals surface area (Å²) in [6, 6.07) is 48.8. The Morgan fingerprint density at radius 3 is 0.792 bits per heavy atom. The number of benzene rings is 8. The van der Waals surface area contributed by atoms with Crippen LogP contribution in [0.25, 0.3) is 134 Å². The van der Waals surface area contributed by atoms with Crippen molar-refractivity contribution in [1.29, 1.82) is 0 Å². The Balaban J connectivity index is 0.00000596. The minimum atomic E-state index is -1.21. The van der Waals surface area contributed by atoms with Gasteiger partial charge in [0.25, 0.3) is 0 Å². The Morgan fingerprint density at radius 1 is 0.286 bits per heavy atom. The number of carboxylic acid groups (broad SMARTS) is 4. The summed E-state index contributed by atoms with van der Waals surface area (Å²) in [7, 11) is 0. The van der Waals surface area contributed by atoms with Gasteiger partial charge in [0, 0.05) is 43.8 Å². The molecule has 17 heteroatoms. The maximum absolute atomic E-state index is 13.2. The van der Waals surface area contributed by atoms with Crippen molar-refractivity contribution >= 4 is 68.0 Å². The second-order valence-corrected chi connectivity index (χ2v) is 18.1. The first-order valence-electron chi connectivity index (χ1n) is 23.7. The van der Waals surface area contributed by atoms with Crippen LogP contribution in [0.2, 0.25) is 0 Å². The van der Waals surface area contributed by atoms with Gasteiger partial charge in [-0.3, -0.25) is 0 Å². The first-order valence-corrected chi connectivity index (χ1v) is 23.7. The quantitative estimate of drug-likeness (QED) is 0.0774. The molecule has 0 atom stereocenters. The smallest absolute Gasteiger partial charge is 0.478 e. The molecule has 0 aliphatic carbocycles. The Morgan fingerprint density at radius 2 is 0.519 bits per heavy atom. The van der Waals surface area contributed by atoms with Crippen LogP contribution in [0, 0.1) is 0 Å². The number of hydrogen-bond acceptors (Lipinski definition) is 10. The fraction of sp³-hybridized carbons (Fsp3) is 0. The standard InChI is InChI=1S/C60H34N8O8.Cu/c69-57(70)45-25-41-37(21-33(45)29-13-5-1-6-14-29)49-61-50-38-22-34(30-15-7-2-8-16-30)46(58(71)72)26-42(38)55(64-50)68-56-44-28-48(60(75)76)36(32-19-11-4-12-20-32)24-40(44)52(66-56)62-51-39-23-35(31-17-9-3-10-18-31)47(59(73)74)27-43(39)54(65-51)67-53(41)63-49;/h1-28H,(H,69,70)(H,71,72)(H,73,74)(H,75,76)(H2,61,62,63,64,65,66,67,68);/q;+2. The molecule has 8 bridgehead atoms. The number of carbonyl (C=O) groups is 4. The van der Waals surface area contributed by atoms with Gasteiger partial charge in [0.2, 0.25) is 0 Å². The summed E-state index contributed by atoms with van der Waals surface area (Å²) in [6.07, 6.45) is 0. The summed E-state index contributed by atoms with van der Waals surface area (Å²) in [4.78, 5) is 89.8. The average Bonchev–Trinajstić information content (AvgIpc) is 4.35. The number of aromatic nitrogens is 8. The number of fused-ring (bicyclic) bond motifs is 20. The maximum Gasteiger partial charge on any atom is 2.00 e. The van der Waals surface area contributed by atoms with Gasteiger partial charge in [-0.2, -0.15) is 0 Å². The first kappa shape index (κ1) is 47.5. The zero-order valence-electron chi connectivity index (χ0n) is 39.6. The van der Waals surface area contributed by atoms with Crippen molar-refractivity contribution in [2.45, 2.75) is 0 Å². The number of rotatable bonds is 8. The molecule has 77 heavy (non-hydrogen) atoms. The molecular formula is C60H34CuN8O8+2. The van der Waals surface area contributed by atoms with Crippen LogP contribution in [0.15, 0.2) is 170 Å². The third-order valence-electron chi connectivity index (χ3n) is 13.6. The maximum atomic E-state index is 13.2. The predicted octanol–water partition coefficient (Wildman–Crippen LogP) is 12.3. The molecule has 6 N–H and O–H groups in total. The van der Waals surface area contributed by atoms with Crippen LogP contribution in [0.4, 0.5) is 0 Å². The summed E-state index contributed by atoms with van der Waals surface area (Å²) in [5, 5.41) is 44.5. The van der Waals surface area contributed by atoms with Crippen molar-refractivity contribution in [3.05, 3.63) is 192 Å². The van der Waals surface area contributed by atoms with Crippen LogP contribution in [0.3, 0.4) is 0 Å². The topological polar surface area (TPSA) is 258 Å². The number of hydrogen-bond donors (Lipinski definition) is 6. The molecule has 8 aromatic carbocycles. The summed E-state index contributed by atoms with van der Waals surface area (Å²) in [5.41, 5.74) is 5.83. The third-order valence-corrected chi connectivity index (χ3v) is 13.6. The van der Waals surface area contributed by atoms with Gasteiger partial charge >= 0.3 is 40.9 Å². The van der Waals surface area contributed by atoms with E-state index in [9.17, 15) is 39.6 Å².